The van der Waals surface area contributed by atoms with Crippen molar-refractivity contribution in [3.8, 4) is 28.5 Å². The molecule has 1 fully saturated rings. The largest absolute Gasteiger partial charge is 0.381 e. The van der Waals surface area contributed by atoms with Crippen LogP contribution in [-0.2, 0) is 18.2 Å². The zero-order valence-electron chi connectivity index (χ0n) is 15.7. The van der Waals surface area contributed by atoms with Crippen LogP contribution >= 0.6 is 11.6 Å². The molecule has 2 aliphatic heterocycles. The monoisotopic (exact) mass is 408 g/mol. The number of benzene rings is 1. The van der Waals surface area contributed by atoms with Crippen LogP contribution in [0.4, 0.5) is 0 Å². The number of hydrogen-bond donors (Lipinski definition) is 0. The summed E-state index contributed by atoms with van der Waals surface area (Å²) in [7, 11) is 1.92. The second-order valence-electron chi connectivity index (χ2n) is 7.44. The highest BCUT2D eigenvalue weighted by molar-refractivity contribution is 6.31. The van der Waals surface area contributed by atoms with Gasteiger partial charge >= 0.3 is 0 Å². The molecule has 1 saturated heterocycles. The molecule has 2 aliphatic rings. The van der Waals surface area contributed by atoms with E-state index in [0.717, 1.165) is 41.2 Å². The summed E-state index contributed by atoms with van der Waals surface area (Å²) in [6.07, 6.45) is 5.38. The van der Waals surface area contributed by atoms with Crippen LogP contribution in [0.1, 0.15) is 29.4 Å². The molecule has 0 aliphatic carbocycles. The Hall–Kier alpha value is -2.97. The number of aromatic nitrogens is 6. The van der Waals surface area contributed by atoms with Crippen molar-refractivity contribution < 1.29 is 9.26 Å². The van der Waals surface area contributed by atoms with Gasteiger partial charge in [0.15, 0.2) is 11.5 Å². The number of hydrogen-bond acceptors (Lipinski definition) is 6. The fourth-order valence-corrected chi connectivity index (χ4v) is 4.32. The van der Waals surface area contributed by atoms with Crippen LogP contribution < -0.4 is 0 Å². The van der Waals surface area contributed by atoms with E-state index in [9.17, 15) is 0 Å². The third-order valence-corrected chi connectivity index (χ3v) is 5.78. The van der Waals surface area contributed by atoms with Crippen molar-refractivity contribution in [2.45, 2.75) is 18.8 Å². The van der Waals surface area contributed by atoms with E-state index < -0.39 is 0 Å². The zero-order chi connectivity index (χ0) is 19.5. The Morgan fingerprint density at radius 2 is 2.17 bits per heavy atom. The van der Waals surface area contributed by atoms with Gasteiger partial charge in [-0.15, -0.1) is 0 Å². The first kappa shape index (κ1) is 16.9. The molecule has 0 bridgehead atoms. The van der Waals surface area contributed by atoms with Gasteiger partial charge in [-0.3, -0.25) is 4.68 Å². The summed E-state index contributed by atoms with van der Waals surface area (Å²) in [5.74, 6) is 1.30. The normalized spacial score (nSPS) is 17.7. The average molecular weight is 409 g/mol. The number of fused-ring (bicyclic) bond motifs is 5. The molecule has 9 heteroatoms. The summed E-state index contributed by atoms with van der Waals surface area (Å²) >= 11 is 6.29. The molecule has 0 spiro atoms. The van der Waals surface area contributed by atoms with Crippen molar-refractivity contribution in [1.82, 2.24) is 29.5 Å². The minimum atomic E-state index is 0.182. The Morgan fingerprint density at radius 3 is 3.03 bits per heavy atom. The quantitative estimate of drug-likeness (QED) is 0.445. The molecule has 146 valence electrons. The standard InChI is InChI=1S/C20H17ClN6O2/c1-26-8-12-6-16-18(20-23-19(25-29-20)11-4-5-28-9-11)22-10-27(16)15-3-2-13(21)7-14(15)17(12)24-26/h2-3,7-8,10-11H,4-6,9H2,1H3. The van der Waals surface area contributed by atoms with E-state index in [2.05, 4.69) is 24.8 Å². The molecule has 0 radical (unpaired) electrons. The van der Waals surface area contributed by atoms with E-state index in [-0.39, 0.29) is 5.92 Å². The molecule has 29 heavy (non-hydrogen) atoms. The predicted octanol–water partition coefficient (Wildman–Crippen LogP) is 3.38. The number of ether oxygens (including phenoxy) is 1. The molecular formula is C20H17ClN6O2. The first-order chi connectivity index (χ1) is 14.2. The molecule has 0 N–H and O–H groups in total. The SMILES string of the molecule is Cn1cc2c(n1)-c1cc(Cl)ccc1-n1cnc(-c3nc(C4CCOC4)no3)c1C2. The van der Waals surface area contributed by atoms with Gasteiger partial charge in [0.1, 0.15) is 6.33 Å². The van der Waals surface area contributed by atoms with Gasteiger partial charge in [-0.25, -0.2) is 4.98 Å². The second-order valence-corrected chi connectivity index (χ2v) is 7.88. The van der Waals surface area contributed by atoms with Gasteiger partial charge in [0.25, 0.3) is 5.89 Å². The molecule has 1 unspecified atom stereocenters. The van der Waals surface area contributed by atoms with Crippen LogP contribution in [0.25, 0.3) is 28.5 Å². The van der Waals surface area contributed by atoms with Gasteiger partial charge in [0.2, 0.25) is 0 Å². The molecule has 6 rings (SSSR count). The summed E-state index contributed by atoms with van der Waals surface area (Å²) < 4.78 is 14.9. The van der Waals surface area contributed by atoms with Crippen molar-refractivity contribution in [1.29, 1.82) is 0 Å². The van der Waals surface area contributed by atoms with Crippen LogP contribution in [0.15, 0.2) is 35.2 Å². The zero-order valence-corrected chi connectivity index (χ0v) is 16.4. The van der Waals surface area contributed by atoms with Crippen LogP contribution in [0.2, 0.25) is 5.02 Å². The summed E-state index contributed by atoms with van der Waals surface area (Å²) in [6.45, 7) is 1.37. The van der Waals surface area contributed by atoms with E-state index in [1.165, 1.54) is 0 Å². The lowest BCUT2D eigenvalue weighted by molar-refractivity contribution is 0.192. The minimum Gasteiger partial charge on any atom is -0.381 e. The predicted molar refractivity (Wildman–Crippen MR) is 105 cm³/mol. The third-order valence-electron chi connectivity index (χ3n) is 5.54. The lowest BCUT2D eigenvalue weighted by Crippen LogP contribution is -2.01. The first-order valence-corrected chi connectivity index (χ1v) is 9.86. The molecule has 8 nitrogen and oxygen atoms in total. The number of rotatable bonds is 2. The lowest BCUT2D eigenvalue weighted by Gasteiger charge is -2.09. The van der Waals surface area contributed by atoms with Crippen LogP contribution in [0, 0.1) is 0 Å². The van der Waals surface area contributed by atoms with Crippen molar-refractivity contribution in [3.05, 3.63) is 52.8 Å². The lowest BCUT2D eigenvalue weighted by atomic mass is 10.0. The third kappa shape index (κ3) is 2.63. The van der Waals surface area contributed by atoms with Crippen molar-refractivity contribution in [3.63, 3.8) is 0 Å². The van der Waals surface area contributed by atoms with Crippen molar-refractivity contribution >= 4 is 11.6 Å². The van der Waals surface area contributed by atoms with E-state index in [0.29, 0.717) is 35.5 Å². The molecule has 3 aromatic heterocycles. The number of halogens is 1. The Kier molecular flexibility index (Phi) is 3.66. The van der Waals surface area contributed by atoms with Gasteiger partial charge in [0, 0.05) is 48.3 Å². The first-order valence-electron chi connectivity index (χ1n) is 9.48. The van der Waals surface area contributed by atoms with Crippen LogP contribution in [-0.4, -0.2) is 42.7 Å². The maximum Gasteiger partial charge on any atom is 0.278 e. The summed E-state index contributed by atoms with van der Waals surface area (Å²) in [4.78, 5) is 9.26. The van der Waals surface area contributed by atoms with Crippen LogP contribution in [0.5, 0.6) is 0 Å². The maximum atomic E-state index is 6.29. The molecule has 0 amide bonds. The van der Waals surface area contributed by atoms with Gasteiger partial charge in [-0.2, -0.15) is 10.1 Å². The van der Waals surface area contributed by atoms with Gasteiger partial charge in [-0.1, -0.05) is 16.8 Å². The molecule has 1 aromatic carbocycles. The topological polar surface area (TPSA) is 83.8 Å². The number of imidazole rings is 1. The summed E-state index contributed by atoms with van der Waals surface area (Å²) in [5.41, 5.74) is 5.66. The molecular weight excluding hydrogens is 392 g/mol. The smallest absolute Gasteiger partial charge is 0.278 e. The fraction of sp³-hybridized carbons (Fsp3) is 0.300. The summed E-state index contributed by atoms with van der Waals surface area (Å²) in [5, 5.41) is 9.53. The van der Waals surface area contributed by atoms with E-state index >= 15 is 0 Å². The Balaban J connectivity index is 1.51. The number of nitrogens with zero attached hydrogens (tertiary/aromatic N) is 6. The highest BCUT2D eigenvalue weighted by Crippen LogP contribution is 2.38. The Labute approximate surface area is 171 Å². The van der Waals surface area contributed by atoms with Crippen molar-refractivity contribution in [2.24, 2.45) is 7.05 Å². The van der Waals surface area contributed by atoms with Crippen LogP contribution in [0.3, 0.4) is 0 Å². The maximum absolute atomic E-state index is 6.29. The van der Waals surface area contributed by atoms with Gasteiger partial charge < -0.3 is 13.8 Å². The van der Waals surface area contributed by atoms with Gasteiger partial charge in [0.05, 0.1) is 23.7 Å². The molecule has 4 aromatic rings. The highest BCUT2D eigenvalue weighted by Gasteiger charge is 2.29. The highest BCUT2D eigenvalue weighted by atomic mass is 35.5. The fourth-order valence-electron chi connectivity index (χ4n) is 4.15. The van der Waals surface area contributed by atoms with Gasteiger partial charge in [-0.05, 0) is 24.6 Å². The Bertz CT molecular complexity index is 1230. The van der Waals surface area contributed by atoms with Crippen molar-refractivity contribution in [2.75, 3.05) is 13.2 Å². The van der Waals surface area contributed by atoms with E-state index in [1.54, 1.807) is 6.33 Å². The number of aryl methyl sites for hydroxylation is 1. The van der Waals surface area contributed by atoms with E-state index in [4.69, 9.17) is 20.9 Å². The second kappa shape index (κ2) is 6.27. The summed E-state index contributed by atoms with van der Waals surface area (Å²) in [6, 6.07) is 5.82. The minimum absolute atomic E-state index is 0.182. The van der Waals surface area contributed by atoms with E-state index in [1.807, 2.05) is 36.1 Å². The average Bonchev–Trinajstić information content (AvgIpc) is 3.47. The molecule has 1 atom stereocenters. The molecule has 5 heterocycles. The molecule has 0 saturated carbocycles. The Morgan fingerprint density at radius 1 is 1.24 bits per heavy atom.